The van der Waals surface area contributed by atoms with Crippen LogP contribution in [0, 0.1) is 11.3 Å². The Hall–Kier alpha value is -1.84. The molecule has 1 aromatic heterocycles. The van der Waals surface area contributed by atoms with E-state index in [0.29, 0.717) is 23.5 Å². The van der Waals surface area contributed by atoms with Crippen molar-refractivity contribution >= 4 is 5.91 Å². The minimum atomic E-state index is -0.00149. The highest BCUT2D eigenvalue weighted by Gasteiger charge is 2.39. The number of hydrogen-bond donors (Lipinski definition) is 0. The summed E-state index contributed by atoms with van der Waals surface area (Å²) >= 11 is 0. The molecule has 0 spiro atoms. The number of amides is 1. The average molecular weight is 330 g/mol. The van der Waals surface area contributed by atoms with Gasteiger partial charge in [0.15, 0.2) is 0 Å². The van der Waals surface area contributed by atoms with Crippen molar-refractivity contribution in [1.82, 2.24) is 14.4 Å². The van der Waals surface area contributed by atoms with Gasteiger partial charge in [0.2, 0.25) is 0 Å². The minimum Gasteiger partial charge on any atom is -0.380 e. The second-order valence-electron chi connectivity index (χ2n) is 6.90. The first-order chi connectivity index (χ1) is 11.6. The maximum absolute atomic E-state index is 12.9. The number of carbonyl (C=O) groups is 1. The standard InChI is InChI=1S/C18H26N4O2/c1-20-13(11-19)7-8-17(20)18(23)21(2)15-5-4-6-16(15)22-10-9-14(12-22)24-3/h7-8,14-16H,4-6,9-10,12H2,1-3H3/t14?,15-,16+/m1/s1. The molecule has 1 amide bonds. The Morgan fingerprint density at radius 3 is 2.79 bits per heavy atom. The first-order valence-corrected chi connectivity index (χ1v) is 8.66. The van der Waals surface area contributed by atoms with Gasteiger partial charge >= 0.3 is 0 Å². The number of likely N-dealkylation sites (N-methyl/N-ethyl adjacent to an activating group) is 1. The van der Waals surface area contributed by atoms with Gasteiger partial charge in [-0.3, -0.25) is 9.69 Å². The van der Waals surface area contributed by atoms with E-state index >= 15 is 0 Å². The van der Waals surface area contributed by atoms with Gasteiger partial charge in [-0.1, -0.05) is 0 Å². The van der Waals surface area contributed by atoms with Crippen molar-refractivity contribution in [3.8, 4) is 6.07 Å². The summed E-state index contributed by atoms with van der Waals surface area (Å²) in [6.07, 6.45) is 4.71. The number of ether oxygens (including phenoxy) is 1. The molecule has 1 aliphatic heterocycles. The Morgan fingerprint density at radius 2 is 2.17 bits per heavy atom. The molecule has 1 unspecified atom stereocenters. The van der Waals surface area contributed by atoms with Crippen molar-refractivity contribution in [2.45, 2.75) is 43.9 Å². The predicted molar refractivity (Wildman–Crippen MR) is 90.6 cm³/mol. The molecule has 2 aliphatic rings. The zero-order valence-electron chi connectivity index (χ0n) is 14.7. The predicted octanol–water partition coefficient (Wildman–Crippen LogP) is 1.61. The van der Waals surface area contributed by atoms with Crippen molar-refractivity contribution < 1.29 is 9.53 Å². The van der Waals surface area contributed by atoms with Crippen molar-refractivity contribution in [3.05, 3.63) is 23.5 Å². The zero-order valence-corrected chi connectivity index (χ0v) is 14.7. The van der Waals surface area contributed by atoms with Crippen LogP contribution in [0.15, 0.2) is 12.1 Å². The van der Waals surface area contributed by atoms with Crippen LogP contribution in [0.1, 0.15) is 41.9 Å². The normalized spacial score (nSPS) is 27.3. The van der Waals surface area contributed by atoms with Crippen LogP contribution in [0.4, 0.5) is 0 Å². The lowest BCUT2D eigenvalue weighted by Gasteiger charge is -2.35. The largest absolute Gasteiger partial charge is 0.380 e. The van der Waals surface area contributed by atoms with Crippen LogP contribution in [-0.4, -0.2) is 65.7 Å². The summed E-state index contributed by atoms with van der Waals surface area (Å²) in [6, 6.07) is 6.21. The second kappa shape index (κ2) is 6.96. The molecule has 130 valence electrons. The molecule has 1 aromatic rings. The van der Waals surface area contributed by atoms with E-state index in [1.807, 2.05) is 11.9 Å². The van der Waals surface area contributed by atoms with E-state index in [0.717, 1.165) is 38.8 Å². The van der Waals surface area contributed by atoms with Crippen molar-refractivity contribution in [1.29, 1.82) is 5.26 Å². The van der Waals surface area contributed by atoms with Crippen LogP contribution in [0.3, 0.4) is 0 Å². The molecule has 0 aromatic carbocycles. The van der Waals surface area contributed by atoms with Gasteiger partial charge in [0.05, 0.1) is 6.10 Å². The lowest BCUT2D eigenvalue weighted by Crippen LogP contribution is -2.49. The van der Waals surface area contributed by atoms with E-state index in [1.54, 1.807) is 30.9 Å². The number of likely N-dealkylation sites (tertiary alicyclic amines) is 1. The molecule has 6 nitrogen and oxygen atoms in total. The molecular weight excluding hydrogens is 304 g/mol. The van der Waals surface area contributed by atoms with Gasteiger partial charge in [0, 0.05) is 46.4 Å². The maximum atomic E-state index is 12.9. The first-order valence-electron chi connectivity index (χ1n) is 8.66. The lowest BCUT2D eigenvalue weighted by molar-refractivity contribution is 0.0597. The smallest absolute Gasteiger partial charge is 0.270 e. The summed E-state index contributed by atoms with van der Waals surface area (Å²) < 4.78 is 7.17. The number of carbonyl (C=O) groups excluding carboxylic acids is 1. The van der Waals surface area contributed by atoms with Gasteiger partial charge in [-0.25, -0.2) is 0 Å². The highest BCUT2D eigenvalue weighted by atomic mass is 16.5. The van der Waals surface area contributed by atoms with Gasteiger partial charge in [-0.15, -0.1) is 0 Å². The molecule has 1 aliphatic carbocycles. The van der Waals surface area contributed by atoms with Gasteiger partial charge in [-0.05, 0) is 37.8 Å². The molecule has 6 heteroatoms. The van der Waals surface area contributed by atoms with Crippen LogP contribution < -0.4 is 0 Å². The van der Waals surface area contributed by atoms with E-state index in [-0.39, 0.29) is 11.9 Å². The van der Waals surface area contributed by atoms with Crippen molar-refractivity contribution in [3.63, 3.8) is 0 Å². The van der Waals surface area contributed by atoms with Gasteiger partial charge in [0.1, 0.15) is 17.5 Å². The zero-order chi connectivity index (χ0) is 17.3. The van der Waals surface area contributed by atoms with Crippen LogP contribution in [-0.2, 0) is 11.8 Å². The van der Waals surface area contributed by atoms with Crippen molar-refractivity contribution in [2.75, 3.05) is 27.2 Å². The molecule has 24 heavy (non-hydrogen) atoms. The van der Waals surface area contributed by atoms with E-state index in [1.165, 1.54) is 0 Å². The summed E-state index contributed by atoms with van der Waals surface area (Å²) in [5.41, 5.74) is 1.09. The van der Waals surface area contributed by atoms with Gasteiger partial charge in [-0.2, -0.15) is 5.26 Å². The Kier molecular flexibility index (Phi) is 4.93. The third-order valence-corrected chi connectivity index (χ3v) is 5.70. The van der Waals surface area contributed by atoms with Gasteiger partial charge < -0.3 is 14.2 Å². The number of hydrogen-bond acceptors (Lipinski definition) is 4. The molecule has 3 rings (SSSR count). The third-order valence-electron chi connectivity index (χ3n) is 5.70. The average Bonchev–Trinajstić information content (AvgIpc) is 3.31. The first kappa shape index (κ1) is 17.0. The Bertz CT molecular complexity index is 648. The summed E-state index contributed by atoms with van der Waals surface area (Å²) in [5.74, 6) is -0.00149. The number of aromatic nitrogens is 1. The van der Waals surface area contributed by atoms with Gasteiger partial charge in [0.25, 0.3) is 5.91 Å². The summed E-state index contributed by atoms with van der Waals surface area (Å²) in [7, 11) is 5.45. The molecule has 1 saturated carbocycles. The Morgan fingerprint density at radius 1 is 1.38 bits per heavy atom. The number of rotatable bonds is 4. The monoisotopic (exact) mass is 330 g/mol. The molecule has 0 N–H and O–H groups in total. The topological polar surface area (TPSA) is 61.5 Å². The van der Waals surface area contributed by atoms with E-state index in [4.69, 9.17) is 10.00 Å². The Labute approximate surface area is 143 Å². The molecular formula is C18H26N4O2. The van der Waals surface area contributed by atoms with Crippen LogP contribution in [0.25, 0.3) is 0 Å². The molecule has 0 radical (unpaired) electrons. The fourth-order valence-corrected chi connectivity index (χ4v) is 4.22. The van der Waals surface area contributed by atoms with E-state index in [2.05, 4.69) is 11.0 Å². The molecule has 2 fully saturated rings. The lowest BCUT2D eigenvalue weighted by atomic mass is 10.1. The SMILES string of the molecule is COC1CCN([C@H]2CCC[C@H]2N(C)C(=O)c2ccc(C#N)n2C)C1. The van der Waals surface area contributed by atoms with Crippen LogP contribution >= 0.6 is 0 Å². The number of methoxy groups -OCH3 is 1. The molecule has 3 atom stereocenters. The van der Waals surface area contributed by atoms with E-state index in [9.17, 15) is 4.79 Å². The Balaban J connectivity index is 1.73. The van der Waals surface area contributed by atoms with Crippen LogP contribution in [0.5, 0.6) is 0 Å². The van der Waals surface area contributed by atoms with Crippen LogP contribution in [0.2, 0.25) is 0 Å². The molecule has 2 heterocycles. The third kappa shape index (κ3) is 2.94. The summed E-state index contributed by atoms with van der Waals surface area (Å²) in [6.45, 7) is 2.01. The second-order valence-corrected chi connectivity index (χ2v) is 6.90. The highest BCUT2D eigenvalue weighted by molar-refractivity contribution is 5.93. The van der Waals surface area contributed by atoms with Crippen molar-refractivity contribution in [2.24, 2.45) is 7.05 Å². The minimum absolute atomic E-state index is 0.00149. The summed E-state index contributed by atoms with van der Waals surface area (Å²) in [4.78, 5) is 17.3. The summed E-state index contributed by atoms with van der Waals surface area (Å²) in [5, 5.41) is 9.08. The number of nitrogens with zero attached hydrogens (tertiary/aromatic N) is 4. The maximum Gasteiger partial charge on any atom is 0.270 e. The highest BCUT2D eigenvalue weighted by Crippen LogP contribution is 2.31. The fraction of sp³-hybridized carbons (Fsp3) is 0.667. The number of nitriles is 1. The molecule has 0 bridgehead atoms. The van der Waals surface area contributed by atoms with E-state index < -0.39 is 0 Å². The fourth-order valence-electron chi connectivity index (χ4n) is 4.22. The molecule has 1 saturated heterocycles. The quantitative estimate of drug-likeness (QED) is 0.841.